The Labute approximate surface area is 152 Å². The lowest BCUT2D eigenvalue weighted by molar-refractivity contribution is 0.209. The number of hydrogen-bond donors (Lipinski definition) is 1. The second-order valence-corrected chi connectivity index (χ2v) is 6.43. The maximum atomic E-state index is 11.0. The molecule has 0 aliphatic rings. The summed E-state index contributed by atoms with van der Waals surface area (Å²) < 4.78 is 0. The van der Waals surface area contributed by atoms with Crippen LogP contribution < -0.4 is 0 Å². The molecule has 0 amide bonds. The van der Waals surface area contributed by atoms with Crippen molar-refractivity contribution in [1.82, 2.24) is 0 Å². The van der Waals surface area contributed by atoms with Gasteiger partial charge in [0.25, 0.3) is 0 Å². The van der Waals surface area contributed by atoms with Gasteiger partial charge < -0.3 is 5.11 Å². The van der Waals surface area contributed by atoms with E-state index in [-0.39, 0.29) is 0 Å². The maximum absolute atomic E-state index is 11.0. The summed E-state index contributed by atoms with van der Waals surface area (Å²) in [5.74, 6) is 6.62. The van der Waals surface area contributed by atoms with Gasteiger partial charge in [0.05, 0.1) is 0 Å². The Hall–Kier alpha value is -2.30. The Morgan fingerprint density at radius 2 is 1.56 bits per heavy atom. The normalized spacial score (nSPS) is 12.8. The molecule has 0 saturated heterocycles. The van der Waals surface area contributed by atoms with Gasteiger partial charge in [-0.15, -0.1) is 0 Å². The van der Waals surface area contributed by atoms with Gasteiger partial charge in [0.15, 0.2) is 0 Å². The van der Waals surface area contributed by atoms with E-state index in [4.69, 9.17) is 0 Å². The average molecular weight is 332 g/mol. The molecule has 0 aliphatic carbocycles. The molecule has 2 rings (SSSR count). The van der Waals surface area contributed by atoms with Crippen LogP contribution in [0.4, 0.5) is 0 Å². The van der Waals surface area contributed by atoms with E-state index in [1.807, 2.05) is 42.5 Å². The summed E-state index contributed by atoms with van der Waals surface area (Å²) in [6.45, 7) is 6.37. The van der Waals surface area contributed by atoms with E-state index < -0.39 is 6.10 Å². The number of rotatable bonds is 6. The Bertz CT molecular complexity index is 742. The molecule has 2 aromatic rings. The van der Waals surface area contributed by atoms with Gasteiger partial charge in [0.2, 0.25) is 0 Å². The highest BCUT2D eigenvalue weighted by Crippen LogP contribution is 2.29. The molecule has 1 unspecified atom stereocenters. The Kier molecular flexibility index (Phi) is 7.51. The van der Waals surface area contributed by atoms with Crippen molar-refractivity contribution in [3.63, 3.8) is 0 Å². The van der Waals surface area contributed by atoms with Gasteiger partial charge in [0.1, 0.15) is 6.10 Å². The summed E-state index contributed by atoms with van der Waals surface area (Å²) in [6, 6.07) is 18.2. The van der Waals surface area contributed by atoms with Crippen LogP contribution in [0.1, 0.15) is 62.3 Å². The van der Waals surface area contributed by atoms with E-state index in [1.165, 1.54) is 5.56 Å². The van der Waals surface area contributed by atoms with E-state index in [9.17, 15) is 5.11 Å². The molecule has 25 heavy (non-hydrogen) atoms. The van der Waals surface area contributed by atoms with Gasteiger partial charge in [-0.1, -0.05) is 86.6 Å². The molecule has 1 N–H and O–H groups in total. The van der Waals surface area contributed by atoms with E-state index in [0.29, 0.717) is 0 Å². The van der Waals surface area contributed by atoms with E-state index in [1.54, 1.807) is 0 Å². The first-order valence-electron chi connectivity index (χ1n) is 9.19. The number of aliphatic hydroxyl groups excluding tert-OH is 1. The first-order chi connectivity index (χ1) is 12.2. The van der Waals surface area contributed by atoms with Crippen LogP contribution in [0.5, 0.6) is 0 Å². The first kappa shape index (κ1) is 19.0. The summed E-state index contributed by atoms with van der Waals surface area (Å²) in [7, 11) is 0. The highest BCUT2D eigenvalue weighted by Gasteiger charge is 2.16. The number of benzene rings is 2. The molecule has 130 valence electrons. The molecular formula is C24H28O. The largest absolute Gasteiger partial charge is 0.384 e. The standard InChI is InChI=1S/C24H28O/c1-4-9-21(18-15-20-11-7-6-8-12-20)23(10-5-2)24(25)22-16-13-19(3)14-17-22/h6-8,11-14,16-17,24-25H,4-5,9-10H2,1-3H3/b23-21-. The zero-order valence-electron chi connectivity index (χ0n) is 15.5. The van der Waals surface area contributed by atoms with Gasteiger partial charge in [0, 0.05) is 11.1 Å². The number of hydrogen-bond acceptors (Lipinski definition) is 1. The van der Waals surface area contributed by atoms with Crippen LogP contribution in [0.25, 0.3) is 0 Å². The zero-order chi connectivity index (χ0) is 18.1. The summed E-state index contributed by atoms with van der Waals surface area (Å²) >= 11 is 0. The lowest BCUT2D eigenvalue weighted by atomic mass is 9.91. The van der Waals surface area contributed by atoms with Crippen LogP contribution in [-0.4, -0.2) is 5.11 Å². The summed E-state index contributed by atoms with van der Waals surface area (Å²) in [5.41, 5.74) is 5.31. The number of allylic oxidation sites excluding steroid dienone is 1. The van der Waals surface area contributed by atoms with Crippen molar-refractivity contribution in [1.29, 1.82) is 0 Å². The van der Waals surface area contributed by atoms with E-state index in [0.717, 1.165) is 48.0 Å². The second kappa shape index (κ2) is 9.87. The SMILES string of the molecule is CCC/C(C#Cc1ccccc1)=C(\CCC)C(O)c1ccc(C)cc1. The molecule has 0 aromatic heterocycles. The first-order valence-corrected chi connectivity index (χ1v) is 9.19. The lowest BCUT2D eigenvalue weighted by Crippen LogP contribution is -2.05. The predicted molar refractivity (Wildman–Crippen MR) is 106 cm³/mol. The minimum atomic E-state index is -0.577. The quantitative estimate of drug-likeness (QED) is 0.645. The molecular weight excluding hydrogens is 304 g/mol. The fourth-order valence-electron chi connectivity index (χ4n) is 2.89. The average Bonchev–Trinajstić information content (AvgIpc) is 2.64. The van der Waals surface area contributed by atoms with Crippen LogP contribution >= 0.6 is 0 Å². The minimum Gasteiger partial charge on any atom is -0.384 e. The van der Waals surface area contributed by atoms with Crippen LogP contribution in [-0.2, 0) is 0 Å². The Morgan fingerprint density at radius 1 is 0.920 bits per heavy atom. The third-order valence-electron chi connectivity index (χ3n) is 4.26. The number of aliphatic hydroxyl groups is 1. The smallest absolute Gasteiger partial charge is 0.101 e. The van der Waals surface area contributed by atoms with E-state index >= 15 is 0 Å². The maximum Gasteiger partial charge on any atom is 0.101 e. The van der Waals surface area contributed by atoms with Crippen molar-refractivity contribution in [2.75, 3.05) is 0 Å². The van der Waals surface area contributed by atoms with Crippen molar-refractivity contribution in [3.8, 4) is 11.8 Å². The van der Waals surface area contributed by atoms with Crippen LogP contribution in [0, 0.1) is 18.8 Å². The zero-order valence-corrected chi connectivity index (χ0v) is 15.5. The molecule has 1 nitrogen and oxygen atoms in total. The third kappa shape index (κ3) is 5.62. The highest BCUT2D eigenvalue weighted by molar-refractivity contribution is 5.44. The van der Waals surface area contributed by atoms with Crippen molar-refractivity contribution >= 4 is 0 Å². The molecule has 0 saturated carbocycles. The predicted octanol–water partition coefficient (Wildman–Crippen LogP) is 5.98. The molecule has 0 aliphatic heterocycles. The van der Waals surface area contributed by atoms with Gasteiger partial charge >= 0.3 is 0 Å². The molecule has 2 aromatic carbocycles. The van der Waals surface area contributed by atoms with Gasteiger partial charge in [-0.25, -0.2) is 0 Å². The Balaban J connectivity index is 2.42. The van der Waals surface area contributed by atoms with Crippen LogP contribution in [0.15, 0.2) is 65.7 Å². The van der Waals surface area contributed by atoms with Crippen LogP contribution in [0.2, 0.25) is 0 Å². The minimum absolute atomic E-state index is 0.577. The van der Waals surface area contributed by atoms with Gasteiger partial charge in [-0.2, -0.15) is 0 Å². The molecule has 0 fully saturated rings. The van der Waals surface area contributed by atoms with Gasteiger partial charge in [-0.05, 0) is 43.0 Å². The highest BCUT2D eigenvalue weighted by atomic mass is 16.3. The van der Waals surface area contributed by atoms with Crippen molar-refractivity contribution in [3.05, 3.63) is 82.4 Å². The number of aryl methyl sites for hydroxylation is 1. The lowest BCUT2D eigenvalue weighted by Gasteiger charge is -2.18. The molecule has 1 atom stereocenters. The van der Waals surface area contributed by atoms with Crippen molar-refractivity contribution in [2.24, 2.45) is 0 Å². The fraction of sp³-hybridized carbons (Fsp3) is 0.333. The topological polar surface area (TPSA) is 20.2 Å². The Morgan fingerprint density at radius 3 is 2.16 bits per heavy atom. The van der Waals surface area contributed by atoms with Gasteiger partial charge in [-0.3, -0.25) is 0 Å². The summed E-state index contributed by atoms with van der Waals surface area (Å²) in [4.78, 5) is 0. The summed E-state index contributed by atoms with van der Waals surface area (Å²) in [6.07, 6.45) is 3.21. The van der Waals surface area contributed by atoms with Crippen LogP contribution in [0.3, 0.4) is 0 Å². The molecule has 0 heterocycles. The molecule has 1 heteroatoms. The molecule has 0 radical (unpaired) electrons. The molecule has 0 bridgehead atoms. The third-order valence-corrected chi connectivity index (χ3v) is 4.26. The monoisotopic (exact) mass is 332 g/mol. The van der Waals surface area contributed by atoms with Crippen molar-refractivity contribution < 1.29 is 5.11 Å². The molecule has 0 spiro atoms. The second-order valence-electron chi connectivity index (χ2n) is 6.43. The fourth-order valence-corrected chi connectivity index (χ4v) is 2.89. The van der Waals surface area contributed by atoms with Crippen molar-refractivity contribution in [2.45, 2.75) is 52.6 Å². The van der Waals surface area contributed by atoms with E-state index in [2.05, 4.69) is 44.7 Å². The summed E-state index contributed by atoms with van der Waals surface area (Å²) in [5, 5.41) is 11.0.